The number of aliphatic carboxylic acids is 1. The van der Waals surface area contributed by atoms with E-state index in [1.54, 1.807) is 24.1 Å². The van der Waals surface area contributed by atoms with Crippen molar-refractivity contribution in [2.45, 2.75) is 18.7 Å². The molecule has 2 atom stereocenters. The van der Waals surface area contributed by atoms with Crippen molar-refractivity contribution in [3.8, 4) is 0 Å². The van der Waals surface area contributed by atoms with Crippen LogP contribution in [0.1, 0.15) is 12.5 Å². The topological polar surface area (TPSA) is 101 Å². The molecule has 2 N–H and O–H groups in total. The number of aryl methyl sites for hydroxylation is 1. The first-order valence-electron chi connectivity index (χ1n) is 5.21. The second kappa shape index (κ2) is 6.29. The maximum atomic E-state index is 11.8. The first kappa shape index (κ1) is 14.4. The molecular weight excluding hydrogens is 258 g/mol. The van der Waals surface area contributed by atoms with Crippen molar-refractivity contribution >= 4 is 22.7 Å². The maximum absolute atomic E-state index is 11.8. The van der Waals surface area contributed by atoms with Crippen LogP contribution in [0.3, 0.4) is 0 Å². The molecule has 8 heteroatoms. The van der Waals surface area contributed by atoms with Crippen molar-refractivity contribution in [1.82, 2.24) is 15.1 Å². The Labute approximate surface area is 107 Å². The van der Waals surface area contributed by atoms with E-state index < -0.39 is 28.7 Å². The third-order valence-electron chi connectivity index (χ3n) is 2.11. The van der Waals surface area contributed by atoms with Crippen molar-refractivity contribution in [3.63, 3.8) is 0 Å². The number of hydrogen-bond donors (Lipinski definition) is 2. The van der Waals surface area contributed by atoms with Gasteiger partial charge in [0.15, 0.2) is 0 Å². The Balaban J connectivity index is 2.56. The number of nitrogens with zero attached hydrogens (tertiary/aromatic N) is 2. The average Bonchev–Trinajstić information content (AvgIpc) is 2.62. The molecule has 1 amide bonds. The highest BCUT2D eigenvalue weighted by Gasteiger charge is 2.21. The standard InChI is InChI=1S/C10H15N3O4S/c1-7(14)12-9(10(15)16)6-18(17)5-8-3-11-13(2)4-8/h3-4,9H,5-6H2,1-2H3,(H,12,14)(H,15,16)/t9-,18?/m0/s1. The third kappa shape index (κ3) is 4.66. The fourth-order valence-corrected chi connectivity index (χ4v) is 2.63. The monoisotopic (exact) mass is 273 g/mol. The van der Waals surface area contributed by atoms with Crippen LogP contribution in [0.25, 0.3) is 0 Å². The van der Waals surface area contributed by atoms with E-state index in [-0.39, 0.29) is 11.5 Å². The lowest BCUT2D eigenvalue weighted by molar-refractivity contribution is -0.140. The number of amides is 1. The van der Waals surface area contributed by atoms with Gasteiger partial charge in [-0.05, 0) is 0 Å². The van der Waals surface area contributed by atoms with Gasteiger partial charge < -0.3 is 10.4 Å². The maximum Gasteiger partial charge on any atom is 0.327 e. The number of carbonyl (C=O) groups excluding carboxylic acids is 1. The van der Waals surface area contributed by atoms with Gasteiger partial charge in [0.1, 0.15) is 6.04 Å². The molecule has 0 radical (unpaired) electrons. The summed E-state index contributed by atoms with van der Waals surface area (Å²) < 4.78 is 13.4. The summed E-state index contributed by atoms with van der Waals surface area (Å²) in [7, 11) is 0.366. The zero-order valence-corrected chi connectivity index (χ0v) is 10.9. The number of carboxylic acids is 1. The number of nitrogens with one attached hydrogen (secondary N) is 1. The normalized spacial score (nSPS) is 13.9. The summed E-state index contributed by atoms with van der Waals surface area (Å²) in [5.41, 5.74) is 0.766. The van der Waals surface area contributed by atoms with E-state index in [0.29, 0.717) is 0 Å². The molecule has 0 spiro atoms. The fourth-order valence-electron chi connectivity index (χ4n) is 1.40. The number of carboxylic acid groups (broad SMARTS) is 1. The van der Waals surface area contributed by atoms with E-state index in [1.165, 1.54) is 6.92 Å². The molecule has 0 fully saturated rings. The highest BCUT2D eigenvalue weighted by atomic mass is 32.2. The summed E-state index contributed by atoms with van der Waals surface area (Å²) in [6, 6.07) is -1.12. The van der Waals surface area contributed by atoms with Crippen molar-refractivity contribution in [2.75, 3.05) is 5.75 Å². The Hall–Kier alpha value is -1.70. The number of rotatable bonds is 6. The molecule has 0 aliphatic carbocycles. The van der Waals surface area contributed by atoms with E-state index in [1.807, 2.05) is 0 Å². The van der Waals surface area contributed by atoms with Crippen molar-refractivity contribution in [1.29, 1.82) is 0 Å². The second-order valence-corrected chi connectivity index (χ2v) is 5.37. The summed E-state index contributed by atoms with van der Waals surface area (Å²) in [6.07, 6.45) is 3.29. The Morgan fingerprint density at radius 2 is 2.28 bits per heavy atom. The van der Waals surface area contributed by atoms with Gasteiger partial charge in [0, 0.05) is 36.5 Å². The zero-order valence-electron chi connectivity index (χ0n) is 10.1. The molecule has 1 heterocycles. The summed E-state index contributed by atoms with van der Waals surface area (Å²) in [4.78, 5) is 21.7. The highest BCUT2D eigenvalue weighted by molar-refractivity contribution is 7.84. The minimum atomic E-state index is -1.37. The van der Waals surface area contributed by atoms with Gasteiger partial charge in [-0.25, -0.2) is 4.79 Å². The van der Waals surface area contributed by atoms with Crippen LogP contribution in [0.4, 0.5) is 0 Å². The lowest BCUT2D eigenvalue weighted by Gasteiger charge is -2.12. The van der Waals surface area contributed by atoms with E-state index >= 15 is 0 Å². The average molecular weight is 273 g/mol. The molecule has 0 saturated heterocycles. The Morgan fingerprint density at radius 1 is 1.61 bits per heavy atom. The van der Waals surface area contributed by atoms with Crippen LogP contribution < -0.4 is 5.32 Å². The molecule has 1 aromatic heterocycles. The van der Waals surface area contributed by atoms with Crippen molar-refractivity contribution in [3.05, 3.63) is 18.0 Å². The van der Waals surface area contributed by atoms with Gasteiger partial charge in [-0.3, -0.25) is 13.7 Å². The van der Waals surface area contributed by atoms with Gasteiger partial charge in [-0.1, -0.05) is 0 Å². The van der Waals surface area contributed by atoms with Gasteiger partial charge in [-0.2, -0.15) is 5.10 Å². The summed E-state index contributed by atoms with van der Waals surface area (Å²) in [5, 5.41) is 15.1. The lowest BCUT2D eigenvalue weighted by atomic mass is 10.3. The second-order valence-electron chi connectivity index (χ2n) is 3.86. The van der Waals surface area contributed by atoms with Crippen LogP contribution in [0.5, 0.6) is 0 Å². The van der Waals surface area contributed by atoms with Gasteiger partial charge in [0.05, 0.1) is 17.7 Å². The minimum Gasteiger partial charge on any atom is -0.480 e. The highest BCUT2D eigenvalue weighted by Crippen LogP contribution is 2.03. The number of aromatic nitrogens is 2. The predicted molar refractivity (Wildman–Crippen MR) is 65.2 cm³/mol. The molecule has 1 unspecified atom stereocenters. The van der Waals surface area contributed by atoms with Crippen LogP contribution in [0.15, 0.2) is 12.4 Å². The number of carbonyl (C=O) groups is 2. The zero-order chi connectivity index (χ0) is 13.7. The predicted octanol–water partition coefficient (Wildman–Crippen LogP) is -0.742. The minimum absolute atomic E-state index is 0.121. The molecule has 0 bridgehead atoms. The molecular formula is C10H15N3O4S. The molecule has 18 heavy (non-hydrogen) atoms. The largest absolute Gasteiger partial charge is 0.480 e. The smallest absolute Gasteiger partial charge is 0.327 e. The van der Waals surface area contributed by atoms with Gasteiger partial charge in [-0.15, -0.1) is 0 Å². The fraction of sp³-hybridized carbons (Fsp3) is 0.500. The Kier molecular flexibility index (Phi) is 5.02. The van der Waals surface area contributed by atoms with Crippen molar-refractivity contribution < 1.29 is 18.9 Å². The lowest BCUT2D eigenvalue weighted by Crippen LogP contribution is -2.43. The Bertz CT molecular complexity index is 471. The van der Waals surface area contributed by atoms with E-state index in [9.17, 15) is 13.8 Å². The third-order valence-corrected chi connectivity index (χ3v) is 3.47. The molecule has 1 aromatic rings. The van der Waals surface area contributed by atoms with Crippen LogP contribution in [-0.2, 0) is 33.2 Å². The molecule has 1 rings (SSSR count). The van der Waals surface area contributed by atoms with E-state index in [0.717, 1.165) is 5.56 Å². The number of hydrogen-bond acceptors (Lipinski definition) is 4. The van der Waals surface area contributed by atoms with Crippen LogP contribution >= 0.6 is 0 Å². The van der Waals surface area contributed by atoms with Crippen LogP contribution in [0, 0.1) is 0 Å². The van der Waals surface area contributed by atoms with Gasteiger partial charge in [0.25, 0.3) is 0 Å². The molecule has 100 valence electrons. The van der Waals surface area contributed by atoms with Gasteiger partial charge >= 0.3 is 5.97 Å². The SMILES string of the molecule is CC(=O)N[C@@H](CS(=O)Cc1cnn(C)c1)C(=O)O. The van der Waals surface area contributed by atoms with Crippen molar-refractivity contribution in [2.24, 2.45) is 7.05 Å². The molecule has 0 aromatic carbocycles. The summed E-state index contributed by atoms with van der Waals surface area (Å²) in [5.74, 6) is -1.55. The first-order chi connectivity index (χ1) is 8.38. The quantitative estimate of drug-likeness (QED) is 0.710. The molecule has 7 nitrogen and oxygen atoms in total. The van der Waals surface area contributed by atoms with E-state index in [4.69, 9.17) is 5.11 Å². The van der Waals surface area contributed by atoms with Crippen LogP contribution in [-0.4, -0.2) is 42.8 Å². The Morgan fingerprint density at radius 3 is 2.72 bits per heavy atom. The molecule has 0 aliphatic heterocycles. The van der Waals surface area contributed by atoms with Crippen LogP contribution in [0.2, 0.25) is 0 Å². The summed E-state index contributed by atoms with van der Waals surface area (Å²) >= 11 is 0. The molecule has 0 saturated carbocycles. The first-order valence-corrected chi connectivity index (χ1v) is 6.69. The van der Waals surface area contributed by atoms with Gasteiger partial charge in [0.2, 0.25) is 5.91 Å². The molecule has 0 aliphatic rings. The van der Waals surface area contributed by atoms with E-state index in [2.05, 4.69) is 10.4 Å². The summed E-state index contributed by atoms with van der Waals surface area (Å²) in [6.45, 7) is 1.22.